The third kappa shape index (κ3) is 4.22. The van der Waals surface area contributed by atoms with E-state index >= 15 is 0 Å². The third-order valence-electron chi connectivity index (χ3n) is 3.57. The van der Waals surface area contributed by atoms with Crippen LogP contribution in [-0.4, -0.2) is 16.4 Å². The summed E-state index contributed by atoms with van der Waals surface area (Å²) in [4.78, 5) is 21.1. The maximum Gasteiger partial charge on any atom is 0.418 e. The zero-order valence-electron chi connectivity index (χ0n) is 13.5. The molecular weight excluding hydrogens is 414 g/mol. The van der Waals surface area contributed by atoms with Crippen LogP contribution in [0.2, 0.25) is 10.0 Å². The van der Waals surface area contributed by atoms with Crippen molar-refractivity contribution >= 4 is 46.0 Å². The lowest BCUT2D eigenvalue weighted by molar-refractivity contribution is -0.394. The van der Waals surface area contributed by atoms with E-state index in [-0.39, 0.29) is 28.3 Å². The van der Waals surface area contributed by atoms with E-state index in [0.717, 1.165) is 4.90 Å². The molecule has 0 saturated heterocycles. The Bertz CT molecular complexity index is 922. The average molecular weight is 424 g/mol. The lowest BCUT2D eigenvalue weighted by Gasteiger charge is -2.27. The number of nitro benzene ring substituents is 2. The van der Waals surface area contributed by atoms with E-state index < -0.39 is 38.6 Å². The summed E-state index contributed by atoms with van der Waals surface area (Å²) in [6.07, 6.45) is -5.08. The second-order valence-corrected chi connectivity index (χ2v) is 6.06. The summed E-state index contributed by atoms with van der Waals surface area (Å²) < 4.78 is 40.8. The molecule has 0 saturated carbocycles. The summed E-state index contributed by atoms with van der Waals surface area (Å²) in [6, 6.07) is 4.67. The molecule has 0 unspecified atom stereocenters. The van der Waals surface area contributed by atoms with Gasteiger partial charge in [0, 0.05) is 17.6 Å². The molecule has 0 N–H and O–H groups in total. The van der Waals surface area contributed by atoms with Gasteiger partial charge in [-0.2, -0.15) is 13.2 Å². The summed E-state index contributed by atoms with van der Waals surface area (Å²) in [7, 11) is 0. The van der Waals surface area contributed by atoms with Gasteiger partial charge in [-0.1, -0.05) is 23.2 Å². The lowest BCUT2D eigenvalue weighted by atomic mass is 10.1. The Morgan fingerprint density at radius 3 is 2.15 bits per heavy atom. The average Bonchev–Trinajstić information content (AvgIpc) is 2.55. The van der Waals surface area contributed by atoms with Gasteiger partial charge in [-0.05, 0) is 25.1 Å². The SMILES string of the molecule is CCN(c1ccc(Cl)cc1Cl)c1c([N+](=O)[O-])cc([N+](=O)[O-])cc1C(F)(F)F. The largest absolute Gasteiger partial charge is 0.418 e. The number of alkyl halides is 3. The van der Waals surface area contributed by atoms with Crippen molar-refractivity contribution in [2.45, 2.75) is 13.1 Å². The molecule has 12 heteroatoms. The maximum absolute atomic E-state index is 13.6. The van der Waals surface area contributed by atoms with E-state index in [4.69, 9.17) is 23.2 Å². The minimum atomic E-state index is -5.08. The van der Waals surface area contributed by atoms with Crippen LogP contribution in [0.15, 0.2) is 30.3 Å². The quantitative estimate of drug-likeness (QED) is 0.435. The number of benzene rings is 2. The van der Waals surface area contributed by atoms with Gasteiger partial charge in [-0.3, -0.25) is 20.2 Å². The van der Waals surface area contributed by atoms with E-state index in [0.29, 0.717) is 6.07 Å². The number of anilines is 2. The van der Waals surface area contributed by atoms with Gasteiger partial charge >= 0.3 is 6.18 Å². The minimum Gasteiger partial charge on any atom is -0.334 e. The van der Waals surface area contributed by atoms with Crippen molar-refractivity contribution in [1.82, 2.24) is 0 Å². The zero-order valence-corrected chi connectivity index (χ0v) is 15.0. The molecule has 0 radical (unpaired) electrons. The van der Waals surface area contributed by atoms with E-state index in [1.807, 2.05) is 0 Å². The normalized spacial score (nSPS) is 11.3. The molecule has 2 aromatic carbocycles. The molecule has 0 spiro atoms. The molecule has 2 aromatic rings. The Kier molecular flexibility index (Phi) is 5.81. The lowest BCUT2D eigenvalue weighted by Crippen LogP contribution is -2.22. The number of halogens is 5. The standard InChI is InChI=1S/C15H10Cl2F3N3O4/c1-2-21(12-4-3-8(16)5-11(12)17)14-10(15(18,19)20)6-9(22(24)25)7-13(14)23(26)27/h3-7H,2H2,1H3. The molecule has 0 fully saturated rings. The van der Waals surface area contributed by atoms with Crippen molar-refractivity contribution in [2.24, 2.45) is 0 Å². The van der Waals surface area contributed by atoms with Crippen LogP contribution in [0.3, 0.4) is 0 Å². The number of nitrogens with zero attached hydrogens (tertiary/aromatic N) is 3. The fourth-order valence-electron chi connectivity index (χ4n) is 2.50. The topological polar surface area (TPSA) is 89.5 Å². The van der Waals surface area contributed by atoms with Gasteiger partial charge in [0.25, 0.3) is 11.4 Å². The number of hydrogen-bond acceptors (Lipinski definition) is 5. The number of non-ortho nitro benzene ring substituents is 1. The van der Waals surface area contributed by atoms with Crippen LogP contribution in [-0.2, 0) is 6.18 Å². The molecule has 27 heavy (non-hydrogen) atoms. The smallest absolute Gasteiger partial charge is 0.334 e. The molecular formula is C15H10Cl2F3N3O4. The van der Waals surface area contributed by atoms with Crippen LogP contribution in [0.5, 0.6) is 0 Å². The summed E-state index contributed by atoms with van der Waals surface area (Å²) >= 11 is 11.8. The molecule has 0 amide bonds. The first kappa shape index (κ1) is 20.7. The highest BCUT2D eigenvalue weighted by Crippen LogP contribution is 2.47. The van der Waals surface area contributed by atoms with Gasteiger partial charge in [-0.25, -0.2) is 0 Å². The Morgan fingerprint density at radius 2 is 1.70 bits per heavy atom. The maximum atomic E-state index is 13.6. The predicted octanol–water partition coefficient (Wildman–Crippen LogP) is 5.99. The van der Waals surface area contributed by atoms with Crippen molar-refractivity contribution in [2.75, 3.05) is 11.4 Å². The molecule has 0 aliphatic heterocycles. The Morgan fingerprint density at radius 1 is 1.07 bits per heavy atom. The van der Waals surface area contributed by atoms with Gasteiger partial charge < -0.3 is 4.90 Å². The molecule has 0 aliphatic carbocycles. The van der Waals surface area contributed by atoms with Gasteiger partial charge in [0.15, 0.2) is 0 Å². The third-order valence-corrected chi connectivity index (χ3v) is 4.11. The second kappa shape index (κ2) is 7.57. The molecule has 0 heterocycles. The van der Waals surface area contributed by atoms with Crippen LogP contribution < -0.4 is 4.90 Å². The minimum absolute atomic E-state index is 0.0334. The molecule has 2 rings (SSSR count). The van der Waals surface area contributed by atoms with Crippen molar-refractivity contribution in [3.63, 3.8) is 0 Å². The van der Waals surface area contributed by atoms with E-state index in [1.54, 1.807) is 0 Å². The predicted molar refractivity (Wildman–Crippen MR) is 93.9 cm³/mol. The Balaban J connectivity index is 2.90. The summed E-state index contributed by atoms with van der Waals surface area (Å²) in [5.41, 5.74) is -4.44. The van der Waals surface area contributed by atoms with E-state index in [9.17, 15) is 33.4 Å². The van der Waals surface area contributed by atoms with Gasteiger partial charge in [0.05, 0.1) is 32.2 Å². The first-order valence-corrected chi connectivity index (χ1v) is 7.99. The highest BCUT2D eigenvalue weighted by Gasteiger charge is 2.41. The molecule has 0 bridgehead atoms. The molecule has 0 aromatic heterocycles. The first-order valence-electron chi connectivity index (χ1n) is 7.24. The molecule has 0 atom stereocenters. The number of rotatable bonds is 5. The zero-order chi connectivity index (χ0) is 20.5. The van der Waals surface area contributed by atoms with Crippen LogP contribution in [0, 0.1) is 20.2 Å². The van der Waals surface area contributed by atoms with Crippen molar-refractivity contribution in [1.29, 1.82) is 0 Å². The van der Waals surface area contributed by atoms with Crippen LogP contribution in [0.4, 0.5) is 35.9 Å². The number of nitro groups is 2. The monoisotopic (exact) mass is 423 g/mol. The van der Waals surface area contributed by atoms with E-state index in [2.05, 4.69) is 0 Å². The fourth-order valence-corrected chi connectivity index (χ4v) is 3.01. The van der Waals surface area contributed by atoms with Crippen molar-refractivity contribution in [3.8, 4) is 0 Å². The Labute approximate surface area is 160 Å². The van der Waals surface area contributed by atoms with Gasteiger partial charge in [0.2, 0.25) is 0 Å². The van der Waals surface area contributed by atoms with Crippen LogP contribution >= 0.6 is 23.2 Å². The van der Waals surface area contributed by atoms with Crippen LogP contribution in [0.25, 0.3) is 0 Å². The van der Waals surface area contributed by atoms with Crippen molar-refractivity contribution in [3.05, 3.63) is 66.2 Å². The Hall–Kier alpha value is -2.59. The highest BCUT2D eigenvalue weighted by atomic mass is 35.5. The summed E-state index contributed by atoms with van der Waals surface area (Å²) in [6.45, 7) is 1.32. The highest BCUT2D eigenvalue weighted by molar-refractivity contribution is 6.36. The van der Waals surface area contributed by atoms with Gasteiger partial charge in [0.1, 0.15) is 5.69 Å². The van der Waals surface area contributed by atoms with Crippen molar-refractivity contribution < 1.29 is 23.0 Å². The van der Waals surface area contributed by atoms with Crippen LogP contribution in [0.1, 0.15) is 12.5 Å². The first-order chi connectivity index (χ1) is 12.5. The summed E-state index contributed by atoms with van der Waals surface area (Å²) in [5, 5.41) is 22.5. The molecule has 0 aliphatic rings. The summed E-state index contributed by atoms with van der Waals surface area (Å²) in [5.74, 6) is 0. The fraction of sp³-hybridized carbons (Fsp3) is 0.200. The molecule has 144 valence electrons. The number of hydrogen-bond donors (Lipinski definition) is 0. The van der Waals surface area contributed by atoms with Gasteiger partial charge in [-0.15, -0.1) is 0 Å². The molecule has 7 nitrogen and oxygen atoms in total. The second-order valence-electron chi connectivity index (χ2n) is 5.21. The van der Waals surface area contributed by atoms with E-state index in [1.165, 1.54) is 25.1 Å².